The number of rotatable bonds is 7. The van der Waals surface area contributed by atoms with Crippen LogP contribution in [-0.2, 0) is 6.54 Å². The van der Waals surface area contributed by atoms with Gasteiger partial charge in [-0.1, -0.05) is 18.2 Å². The standard InChI is InChI=1S/C24H29N3O3/c1-29-19-10-11-23(30-2)20(17-19)22-9-5-15-27(22)24(28)25-13-6-14-26-16-12-18-7-3-4-8-21(18)26/h3-4,7-8,10-12,16-17,22H,5-6,9,13-15H2,1-2H3,(H,25,28). The number of fused-ring (bicyclic) bond motifs is 1. The molecule has 2 heterocycles. The predicted octanol–water partition coefficient (Wildman–Crippen LogP) is 4.60. The molecule has 1 aliphatic heterocycles. The van der Waals surface area contributed by atoms with E-state index in [2.05, 4.69) is 46.4 Å². The van der Waals surface area contributed by atoms with Gasteiger partial charge in [0.05, 0.1) is 20.3 Å². The highest BCUT2D eigenvalue weighted by Gasteiger charge is 2.32. The maximum atomic E-state index is 12.9. The third-order valence-electron chi connectivity index (χ3n) is 5.84. The van der Waals surface area contributed by atoms with Gasteiger partial charge >= 0.3 is 6.03 Å². The summed E-state index contributed by atoms with van der Waals surface area (Å²) in [5.74, 6) is 1.57. The number of carbonyl (C=O) groups excluding carboxylic acids is 1. The number of para-hydroxylation sites is 1. The Labute approximate surface area is 177 Å². The minimum Gasteiger partial charge on any atom is -0.497 e. The summed E-state index contributed by atoms with van der Waals surface area (Å²) in [7, 11) is 3.31. The first-order valence-electron chi connectivity index (χ1n) is 10.5. The number of aromatic nitrogens is 1. The Morgan fingerprint density at radius 1 is 1.13 bits per heavy atom. The highest BCUT2D eigenvalue weighted by molar-refractivity contribution is 5.79. The fraction of sp³-hybridized carbons (Fsp3) is 0.375. The van der Waals surface area contributed by atoms with Crippen LogP contribution in [0.3, 0.4) is 0 Å². The monoisotopic (exact) mass is 407 g/mol. The number of ether oxygens (including phenoxy) is 2. The van der Waals surface area contributed by atoms with Crippen molar-refractivity contribution in [2.75, 3.05) is 27.3 Å². The van der Waals surface area contributed by atoms with Crippen molar-refractivity contribution in [3.05, 3.63) is 60.3 Å². The Hall–Kier alpha value is -3.15. The number of hydrogen-bond donors (Lipinski definition) is 1. The van der Waals surface area contributed by atoms with E-state index in [0.29, 0.717) is 6.54 Å². The van der Waals surface area contributed by atoms with Crippen LogP contribution in [0.1, 0.15) is 30.9 Å². The van der Waals surface area contributed by atoms with E-state index < -0.39 is 0 Å². The van der Waals surface area contributed by atoms with Crippen molar-refractivity contribution < 1.29 is 14.3 Å². The molecule has 0 radical (unpaired) electrons. The van der Waals surface area contributed by atoms with Crippen LogP contribution >= 0.6 is 0 Å². The smallest absolute Gasteiger partial charge is 0.317 e. The zero-order valence-electron chi connectivity index (χ0n) is 17.6. The number of likely N-dealkylation sites (tertiary alicyclic amines) is 1. The number of benzene rings is 2. The fourth-order valence-corrected chi connectivity index (χ4v) is 4.31. The molecular formula is C24H29N3O3. The number of urea groups is 1. The number of nitrogens with one attached hydrogen (secondary N) is 1. The molecule has 1 saturated heterocycles. The van der Waals surface area contributed by atoms with E-state index in [1.54, 1.807) is 14.2 Å². The zero-order valence-corrected chi connectivity index (χ0v) is 17.6. The van der Waals surface area contributed by atoms with Crippen LogP contribution in [0.5, 0.6) is 11.5 Å². The molecule has 30 heavy (non-hydrogen) atoms. The first-order valence-corrected chi connectivity index (χ1v) is 10.5. The Balaban J connectivity index is 1.36. The molecule has 1 aliphatic rings. The maximum absolute atomic E-state index is 12.9. The molecule has 0 saturated carbocycles. The van der Waals surface area contributed by atoms with Gasteiger partial charge in [0.2, 0.25) is 0 Å². The summed E-state index contributed by atoms with van der Waals surface area (Å²) >= 11 is 0. The molecule has 1 atom stereocenters. The van der Waals surface area contributed by atoms with E-state index >= 15 is 0 Å². The second kappa shape index (κ2) is 9.11. The minimum atomic E-state index is -0.0141. The van der Waals surface area contributed by atoms with Gasteiger partial charge in [0.1, 0.15) is 11.5 Å². The molecular weight excluding hydrogens is 378 g/mol. The van der Waals surface area contributed by atoms with Crippen molar-refractivity contribution in [3.63, 3.8) is 0 Å². The SMILES string of the molecule is COc1ccc(OC)c(C2CCCN2C(=O)NCCCn2ccc3ccccc32)c1. The summed E-state index contributed by atoms with van der Waals surface area (Å²) < 4.78 is 13.2. The van der Waals surface area contributed by atoms with E-state index in [4.69, 9.17) is 9.47 Å². The summed E-state index contributed by atoms with van der Waals surface area (Å²) in [6.07, 6.45) is 4.89. The lowest BCUT2D eigenvalue weighted by Gasteiger charge is -2.27. The highest BCUT2D eigenvalue weighted by atomic mass is 16.5. The molecule has 2 amide bonds. The van der Waals surface area contributed by atoms with Crippen LogP contribution in [0.25, 0.3) is 10.9 Å². The van der Waals surface area contributed by atoms with Crippen LogP contribution in [0.2, 0.25) is 0 Å². The number of methoxy groups -OCH3 is 2. The van der Waals surface area contributed by atoms with Gasteiger partial charge < -0.3 is 24.3 Å². The van der Waals surface area contributed by atoms with Crippen LogP contribution in [0, 0.1) is 0 Å². The molecule has 1 fully saturated rings. The lowest BCUT2D eigenvalue weighted by atomic mass is 10.0. The molecule has 1 N–H and O–H groups in total. The van der Waals surface area contributed by atoms with Crippen molar-refractivity contribution >= 4 is 16.9 Å². The molecule has 0 aliphatic carbocycles. The van der Waals surface area contributed by atoms with Crippen LogP contribution in [-0.4, -0.2) is 42.8 Å². The van der Waals surface area contributed by atoms with Gasteiger partial charge in [0.25, 0.3) is 0 Å². The summed E-state index contributed by atoms with van der Waals surface area (Å²) in [5, 5.41) is 4.35. The lowest BCUT2D eigenvalue weighted by Crippen LogP contribution is -2.40. The molecule has 4 rings (SSSR count). The van der Waals surface area contributed by atoms with Crippen LogP contribution in [0.4, 0.5) is 4.79 Å². The van der Waals surface area contributed by atoms with E-state index in [0.717, 1.165) is 49.4 Å². The van der Waals surface area contributed by atoms with Crippen molar-refractivity contribution in [1.82, 2.24) is 14.8 Å². The molecule has 1 aromatic heterocycles. The van der Waals surface area contributed by atoms with Gasteiger partial charge in [-0.05, 0) is 55.0 Å². The normalized spacial score (nSPS) is 16.1. The number of hydrogen-bond acceptors (Lipinski definition) is 3. The van der Waals surface area contributed by atoms with Crippen molar-refractivity contribution in [2.45, 2.75) is 31.8 Å². The third kappa shape index (κ3) is 4.08. The van der Waals surface area contributed by atoms with E-state index in [1.165, 1.54) is 10.9 Å². The second-order valence-electron chi connectivity index (χ2n) is 7.61. The quantitative estimate of drug-likeness (QED) is 0.583. The molecule has 1 unspecified atom stereocenters. The van der Waals surface area contributed by atoms with Crippen molar-refractivity contribution in [3.8, 4) is 11.5 Å². The van der Waals surface area contributed by atoms with Crippen LogP contribution in [0.15, 0.2) is 54.7 Å². The fourth-order valence-electron chi connectivity index (χ4n) is 4.31. The topological polar surface area (TPSA) is 55.7 Å². The largest absolute Gasteiger partial charge is 0.497 e. The van der Waals surface area contributed by atoms with Gasteiger partial charge in [-0.15, -0.1) is 0 Å². The Bertz CT molecular complexity index is 1010. The van der Waals surface area contributed by atoms with Gasteiger partial charge in [-0.25, -0.2) is 4.79 Å². The minimum absolute atomic E-state index is 0.00319. The molecule has 6 nitrogen and oxygen atoms in total. The third-order valence-corrected chi connectivity index (χ3v) is 5.84. The maximum Gasteiger partial charge on any atom is 0.317 e. The Morgan fingerprint density at radius 3 is 2.83 bits per heavy atom. The molecule has 2 aromatic carbocycles. The van der Waals surface area contributed by atoms with Gasteiger partial charge in [-0.2, -0.15) is 0 Å². The average Bonchev–Trinajstić information content (AvgIpc) is 3.43. The summed E-state index contributed by atoms with van der Waals surface area (Å²) in [6.45, 7) is 2.27. The Kier molecular flexibility index (Phi) is 6.12. The molecule has 6 heteroatoms. The van der Waals surface area contributed by atoms with Gasteiger partial charge in [0.15, 0.2) is 0 Å². The Morgan fingerprint density at radius 2 is 2.00 bits per heavy atom. The van der Waals surface area contributed by atoms with E-state index in [1.807, 2.05) is 23.1 Å². The van der Waals surface area contributed by atoms with Crippen molar-refractivity contribution in [1.29, 1.82) is 0 Å². The zero-order chi connectivity index (χ0) is 20.9. The number of aryl methyl sites for hydroxylation is 1. The average molecular weight is 408 g/mol. The highest BCUT2D eigenvalue weighted by Crippen LogP contribution is 2.38. The lowest BCUT2D eigenvalue weighted by molar-refractivity contribution is 0.191. The summed E-state index contributed by atoms with van der Waals surface area (Å²) in [5.41, 5.74) is 2.23. The molecule has 0 spiro atoms. The number of amides is 2. The summed E-state index contributed by atoms with van der Waals surface area (Å²) in [4.78, 5) is 14.8. The molecule has 3 aromatic rings. The predicted molar refractivity (Wildman–Crippen MR) is 118 cm³/mol. The van der Waals surface area contributed by atoms with Crippen LogP contribution < -0.4 is 14.8 Å². The summed E-state index contributed by atoms with van der Waals surface area (Å²) in [6, 6.07) is 16.2. The van der Waals surface area contributed by atoms with Gasteiger partial charge in [-0.3, -0.25) is 0 Å². The van der Waals surface area contributed by atoms with Crippen molar-refractivity contribution in [2.24, 2.45) is 0 Å². The number of nitrogens with zero attached hydrogens (tertiary/aromatic N) is 2. The molecule has 158 valence electrons. The van der Waals surface area contributed by atoms with E-state index in [9.17, 15) is 4.79 Å². The first kappa shape index (κ1) is 20.1. The molecule has 0 bridgehead atoms. The first-order chi connectivity index (χ1) is 14.7. The second-order valence-corrected chi connectivity index (χ2v) is 7.61. The number of carbonyl (C=O) groups is 1. The van der Waals surface area contributed by atoms with E-state index in [-0.39, 0.29) is 12.1 Å². The van der Waals surface area contributed by atoms with Gasteiger partial charge in [0, 0.05) is 36.9 Å².